The highest BCUT2D eigenvalue weighted by Gasteiger charge is 2.38. The first-order valence-electron chi connectivity index (χ1n) is 11.5. The Bertz CT molecular complexity index is 1350. The molecule has 1 fully saturated rings. The van der Waals surface area contributed by atoms with E-state index in [0.29, 0.717) is 21.7 Å². The molecule has 0 saturated carbocycles. The van der Waals surface area contributed by atoms with Gasteiger partial charge in [-0.25, -0.2) is 15.0 Å². The summed E-state index contributed by atoms with van der Waals surface area (Å²) in [4.78, 5) is 14.5. The molecule has 1 saturated heterocycles. The summed E-state index contributed by atoms with van der Waals surface area (Å²) < 4.78 is 49.2. The number of alkyl halides is 4. The molecule has 0 atom stereocenters. The maximum absolute atomic E-state index is 13.8. The summed E-state index contributed by atoms with van der Waals surface area (Å²) in [7, 11) is 0. The van der Waals surface area contributed by atoms with Gasteiger partial charge in [-0.1, -0.05) is 22.6 Å². The molecule has 1 aliphatic heterocycles. The van der Waals surface area contributed by atoms with E-state index in [9.17, 15) is 13.2 Å². The molecule has 1 aromatic carbocycles. The van der Waals surface area contributed by atoms with Crippen LogP contribution in [0, 0.1) is 0 Å². The van der Waals surface area contributed by atoms with Gasteiger partial charge in [0, 0.05) is 42.1 Å². The molecule has 0 aliphatic carbocycles. The van der Waals surface area contributed by atoms with Crippen molar-refractivity contribution in [3.05, 3.63) is 71.8 Å². The zero-order valence-corrected chi connectivity index (χ0v) is 21.4. The number of aromatic nitrogens is 4. The highest BCUT2D eigenvalue weighted by molar-refractivity contribution is 14.1. The molecular weight excluding hydrogens is 584 g/mol. The predicted molar refractivity (Wildman–Crippen MR) is 139 cm³/mol. The summed E-state index contributed by atoms with van der Waals surface area (Å²) in [6.07, 6.45) is 0.442. The van der Waals surface area contributed by atoms with Crippen molar-refractivity contribution in [2.45, 2.75) is 36.1 Å². The number of imidazole rings is 1. The minimum atomic E-state index is -4.61. The van der Waals surface area contributed by atoms with Gasteiger partial charge in [0.1, 0.15) is 23.2 Å². The number of hydrogen-bond acceptors (Lipinski definition) is 6. The van der Waals surface area contributed by atoms with E-state index >= 15 is 0 Å². The molecule has 0 spiro atoms. The number of anilines is 1. The third-order valence-electron chi connectivity index (χ3n) is 6.15. The number of nitrogens with two attached hydrogens (primary N) is 1. The van der Waals surface area contributed by atoms with Crippen molar-refractivity contribution in [3.63, 3.8) is 0 Å². The van der Waals surface area contributed by atoms with E-state index in [1.807, 2.05) is 12.1 Å². The standard InChI is InChI=1S/C25H24F3IN6O/c26-25(27,28)24-33-21-11-17(13-29)14-32-23(21)35(24)18-1-3-19(4-2-18)36-20-6-9-34(10-7-20)15-16-5-8-31-22(30)12-16/h1-5,8,11-12,14,20H,6-7,9-10,13,15H2,(H2,30,31). The topological polar surface area (TPSA) is 82.1 Å². The van der Waals surface area contributed by atoms with Crippen LogP contribution < -0.4 is 10.5 Å². The van der Waals surface area contributed by atoms with Crippen LogP contribution in [0.2, 0.25) is 0 Å². The van der Waals surface area contributed by atoms with Crippen LogP contribution >= 0.6 is 22.6 Å². The lowest BCUT2D eigenvalue weighted by molar-refractivity contribution is -0.145. The number of ether oxygens (including phenoxy) is 1. The first-order chi connectivity index (χ1) is 17.3. The molecule has 0 unspecified atom stereocenters. The number of rotatable bonds is 6. The van der Waals surface area contributed by atoms with Crippen molar-refractivity contribution in [2.75, 3.05) is 18.8 Å². The number of fused-ring (bicyclic) bond motifs is 1. The maximum Gasteiger partial charge on any atom is 0.450 e. The Labute approximate surface area is 219 Å². The molecule has 4 heterocycles. The molecule has 2 N–H and O–H groups in total. The largest absolute Gasteiger partial charge is 0.490 e. The first kappa shape index (κ1) is 24.8. The van der Waals surface area contributed by atoms with E-state index in [1.165, 1.54) is 0 Å². The number of hydrogen-bond donors (Lipinski definition) is 1. The molecule has 0 radical (unpaired) electrons. The van der Waals surface area contributed by atoms with Crippen molar-refractivity contribution >= 4 is 39.6 Å². The van der Waals surface area contributed by atoms with Crippen molar-refractivity contribution in [3.8, 4) is 11.4 Å². The summed E-state index contributed by atoms with van der Waals surface area (Å²) in [5.41, 5.74) is 8.44. The molecule has 5 rings (SSSR count). The highest BCUT2D eigenvalue weighted by atomic mass is 127. The van der Waals surface area contributed by atoms with Gasteiger partial charge in [-0.05, 0) is 66.4 Å². The van der Waals surface area contributed by atoms with Gasteiger partial charge < -0.3 is 10.5 Å². The second kappa shape index (κ2) is 10.2. The molecular formula is C25H24F3IN6O. The van der Waals surface area contributed by atoms with Gasteiger partial charge in [0.2, 0.25) is 5.82 Å². The van der Waals surface area contributed by atoms with Gasteiger partial charge in [0.15, 0.2) is 5.65 Å². The lowest BCUT2D eigenvalue weighted by Gasteiger charge is -2.32. The molecule has 4 aromatic rings. The second-order valence-corrected chi connectivity index (χ2v) is 9.53. The van der Waals surface area contributed by atoms with Crippen LogP contribution in [-0.2, 0) is 17.1 Å². The van der Waals surface area contributed by atoms with Crippen LogP contribution in [0.25, 0.3) is 16.9 Å². The average Bonchev–Trinajstić information content (AvgIpc) is 3.25. The molecule has 0 bridgehead atoms. The van der Waals surface area contributed by atoms with E-state index in [-0.39, 0.29) is 17.3 Å². The minimum Gasteiger partial charge on any atom is -0.490 e. The number of nitrogen functional groups attached to an aromatic ring is 1. The van der Waals surface area contributed by atoms with Gasteiger partial charge >= 0.3 is 6.18 Å². The van der Waals surface area contributed by atoms with Crippen LogP contribution in [0.3, 0.4) is 0 Å². The first-order valence-corrected chi connectivity index (χ1v) is 13.0. The highest BCUT2D eigenvalue weighted by Crippen LogP contribution is 2.34. The minimum absolute atomic E-state index is 0.0442. The number of benzene rings is 1. The molecule has 1 aliphatic rings. The normalized spacial score (nSPS) is 15.4. The zero-order chi connectivity index (χ0) is 25.3. The van der Waals surface area contributed by atoms with Crippen LogP contribution in [0.1, 0.15) is 29.8 Å². The Morgan fingerprint density at radius 1 is 1.03 bits per heavy atom. The lowest BCUT2D eigenvalue weighted by Crippen LogP contribution is -2.37. The molecule has 0 amide bonds. The molecule has 7 nitrogen and oxygen atoms in total. The third-order valence-corrected chi connectivity index (χ3v) is 7.03. The fourth-order valence-corrected chi connectivity index (χ4v) is 4.83. The van der Waals surface area contributed by atoms with Crippen molar-refractivity contribution in [1.82, 2.24) is 24.4 Å². The van der Waals surface area contributed by atoms with Gasteiger partial charge in [0.25, 0.3) is 0 Å². The summed E-state index contributed by atoms with van der Waals surface area (Å²) >= 11 is 2.14. The quantitative estimate of drug-likeness (QED) is 0.234. The number of nitrogens with zero attached hydrogens (tertiary/aromatic N) is 5. The molecule has 36 heavy (non-hydrogen) atoms. The smallest absolute Gasteiger partial charge is 0.450 e. The second-order valence-electron chi connectivity index (χ2n) is 8.76. The Kier molecular flexibility index (Phi) is 7.02. The molecule has 3 aromatic heterocycles. The van der Waals surface area contributed by atoms with E-state index in [4.69, 9.17) is 10.5 Å². The number of likely N-dealkylation sites (tertiary alicyclic amines) is 1. The van der Waals surface area contributed by atoms with Crippen molar-refractivity contribution in [2.24, 2.45) is 0 Å². The van der Waals surface area contributed by atoms with Gasteiger partial charge in [-0.15, -0.1) is 0 Å². The monoisotopic (exact) mass is 608 g/mol. The van der Waals surface area contributed by atoms with E-state index in [1.54, 1.807) is 42.7 Å². The van der Waals surface area contributed by atoms with Crippen molar-refractivity contribution in [1.29, 1.82) is 0 Å². The predicted octanol–water partition coefficient (Wildman–Crippen LogP) is 5.39. The van der Waals surface area contributed by atoms with E-state index in [0.717, 1.165) is 48.2 Å². The summed E-state index contributed by atoms with van der Waals surface area (Å²) in [5, 5.41) is 0. The molecule has 11 heteroatoms. The Morgan fingerprint density at radius 2 is 1.78 bits per heavy atom. The average molecular weight is 608 g/mol. The van der Waals surface area contributed by atoms with Gasteiger partial charge in [-0.3, -0.25) is 9.47 Å². The lowest BCUT2D eigenvalue weighted by atomic mass is 10.1. The van der Waals surface area contributed by atoms with Gasteiger partial charge in [0.05, 0.1) is 0 Å². The van der Waals surface area contributed by atoms with Crippen LogP contribution in [0.5, 0.6) is 5.75 Å². The van der Waals surface area contributed by atoms with Gasteiger partial charge in [-0.2, -0.15) is 13.2 Å². The van der Waals surface area contributed by atoms with E-state index in [2.05, 4.69) is 42.4 Å². The zero-order valence-electron chi connectivity index (χ0n) is 19.2. The Balaban J connectivity index is 1.28. The van der Waals surface area contributed by atoms with Crippen LogP contribution in [-0.4, -0.2) is 43.6 Å². The fourth-order valence-electron chi connectivity index (χ4n) is 4.42. The molecule has 188 valence electrons. The van der Waals surface area contributed by atoms with E-state index < -0.39 is 12.0 Å². The van der Waals surface area contributed by atoms with Crippen LogP contribution in [0.4, 0.5) is 19.0 Å². The fraction of sp³-hybridized carbons (Fsp3) is 0.320. The summed E-state index contributed by atoms with van der Waals surface area (Å²) in [5.74, 6) is 0.145. The number of piperidine rings is 1. The van der Waals surface area contributed by atoms with Crippen LogP contribution in [0.15, 0.2) is 54.9 Å². The third kappa shape index (κ3) is 5.41. The maximum atomic E-state index is 13.8. The number of halogens is 4. The SMILES string of the molecule is Nc1cc(CN2CCC(Oc3ccc(-n4c(C(F)(F)F)nc5cc(CI)cnc54)cc3)CC2)ccn1. The Hall–Kier alpha value is -2.93. The number of pyridine rings is 2. The summed E-state index contributed by atoms with van der Waals surface area (Å²) in [6, 6.07) is 12.1. The summed E-state index contributed by atoms with van der Waals surface area (Å²) in [6.45, 7) is 2.57. The van der Waals surface area contributed by atoms with Crippen molar-refractivity contribution < 1.29 is 17.9 Å². The Morgan fingerprint density at radius 3 is 2.44 bits per heavy atom.